The fourth-order valence-electron chi connectivity index (χ4n) is 3.00. The number of piperazine rings is 1. The number of hydrogen-bond donors (Lipinski definition) is 0. The van der Waals surface area contributed by atoms with Crippen molar-refractivity contribution in [2.45, 2.75) is 13.3 Å². The fraction of sp³-hybridized carbons (Fsp3) is 0.316. The third-order valence-electron chi connectivity index (χ3n) is 4.24. The summed E-state index contributed by atoms with van der Waals surface area (Å²) in [5.41, 5.74) is 3.12. The van der Waals surface area contributed by atoms with E-state index in [4.69, 9.17) is 0 Å². The predicted molar refractivity (Wildman–Crippen MR) is 90.1 cm³/mol. The third-order valence-corrected chi connectivity index (χ3v) is 4.24. The van der Waals surface area contributed by atoms with Crippen LogP contribution in [0.2, 0.25) is 0 Å². The molecule has 0 spiro atoms. The van der Waals surface area contributed by atoms with Crippen LogP contribution in [0.1, 0.15) is 11.1 Å². The molecule has 120 valence electrons. The van der Waals surface area contributed by atoms with Gasteiger partial charge in [-0.15, -0.1) is 0 Å². The van der Waals surface area contributed by atoms with Crippen LogP contribution in [0.15, 0.2) is 48.5 Å². The normalized spacial score (nSPS) is 14.9. The summed E-state index contributed by atoms with van der Waals surface area (Å²) in [6, 6.07) is 14.7. The minimum atomic E-state index is -0.222. The van der Waals surface area contributed by atoms with Crippen LogP contribution < -0.4 is 4.90 Å². The topological polar surface area (TPSA) is 23.6 Å². The molecule has 0 unspecified atom stereocenters. The monoisotopic (exact) mass is 312 g/mol. The summed E-state index contributed by atoms with van der Waals surface area (Å²) >= 11 is 0. The molecule has 1 amide bonds. The molecule has 1 aliphatic heterocycles. The molecule has 3 nitrogen and oxygen atoms in total. The Morgan fingerprint density at radius 2 is 1.78 bits per heavy atom. The van der Waals surface area contributed by atoms with Gasteiger partial charge in [0.1, 0.15) is 5.82 Å². The lowest BCUT2D eigenvalue weighted by molar-refractivity contribution is -0.130. The second-order valence-electron chi connectivity index (χ2n) is 6.01. The van der Waals surface area contributed by atoms with Crippen molar-refractivity contribution in [3.8, 4) is 0 Å². The SMILES string of the molecule is Cc1cccc(CC(=O)N2CCN(c3cccc(F)c3)CC2)c1. The van der Waals surface area contributed by atoms with Crippen molar-refractivity contribution in [3.05, 3.63) is 65.5 Å². The highest BCUT2D eigenvalue weighted by atomic mass is 19.1. The van der Waals surface area contributed by atoms with Crippen LogP contribution in [0.5, 0.6) is 0 Å². The molecular formula is C19H21FN2O. The van der Waals surface area contributed by atoms with Gasteiger partial charge in [0.25, 0.3) is 0 Å². The Hall–Kier alpha value is -2.36. The Kier molecular flexibility index (Phi) is 4.60. The number of hydrogen-bond acceptors (Lipinski definition) is 2. The van der Waals surface area contributed by atoms with E-state index < -0.39 is 0 Å². The Labute approximate surface area is 136 Å². The molecule has 1 fully saturated rings. The molecule has 0 aliphatic carbocycles. The molecule has 2 aromatic carbocycles. The van der Waals surface area contributed by atoms with E-state index in [2.05, 4.69) is 11.0 Å². The summed E-state index contributed by atoms with van der Waals surface area (Å²) in [6.45, 7) is 4.88. The third kappa shape index (κ3) is 3.89. The summed E-state index contributed by atoms with van der Waals surface area (Å²) < 4.78 is 13.3. The lowest BCUT2D eigenvalue weighted by atomic mass is 10.1. The van der Waals surface area contributed by atoms with Crippen molar-refractivity contribution in [2.75, 3.05) is 31.1 Å². The van der Waals surface area contributed by atoms with Gasteiger partial charge in [-0.05, 0) is 30.7 Å². The lowest BCUT2D eigenvalue weighted by Gasteiger charge is -2.36. The summed E-state index contributed by atoms with van der Waals surface area (Å²) in [4.78, 5) is 16.4. The van der Waals surface area contributed by atoms with Gasteiger partial charge in [0.15, 0.2) is 0 Å². The van der Waals surface area contributed by atoms with E-state index in [1.54, 1.807) is 12.1 Å². The zero-order valence-electron chi connectivity index (χ0n) is 13.3. The number of rotatable bonds is 3. The molecule has 0 aromatic heterocycles. The lowest BCUT2D eigenvalue weighted by Crippen LogP contribution is -2.49. The van der Waals surface area contributed by atoms with Crippen molar-refractivity contribution in [2.24, 2.45) is 0 Å². The van der Waals surface area contributed by atoms with Crippen molar-refractivity contribution in [1.82, 2.24) is 4.90 Å². The van der Waals surface area contributed by atoms with Gasteiger partial charge >= 0.3 is 0 Å². The molecule has 1 aliphatic rings. The molecule has 0 atom stereocenters. The van der Waals surface area contributed by atoms with Crippen LogP contribution in [0.25, 0.3) is 0 Å². The second-order valence-corrected chi connectivity index (χ2v) is 6.01. The molecular weight excluding hydrogens is 291 g/mol. The van der Waals surface area contributed by atoms with Gasteiger partial charge in [-0.1, -0.05) is 35.9 Å². The molecule has 0 radical (unpaired) electrons. The van der Waals surface area contributed by atoms with Gasteiger partial charge in [0, 0.05) is 31.9 Å². The molecule has 3 rings (SSSR count). The van der Waals surface area contributed by atoms with Gasteiger partial charge in [-0.2, -0.15) is 0 Å². The smallest absolute Gasteiger partial charge is 0.227 e. The van der Waals surface area contributed by atoms with Gasteiger partial charge in [0.05, 0.1) is 6.42 Å². The Balaban J connectivity index is 1.57. The van der Waals surface area contributed by atoms with E-state index in [0.717, 1.165) is 24.3 Å². The zero-order chi connectivity index (χ0) is 16.2. The molecule has 0 bridgehead atoms. The van der Waals surface area contributed by atoms with Gasteiger partial charge in [0.2, 0.25) is 5.91 Å². The number of anilines is 1. The summed E-state index contributed by atoms with van der Waals surface area (Å²) in [6.07, 6.45) is 0.446. The van der Waals surface area contributed by atoms with Crippen LogP contribution >= 0.6 is 0 Å². The maximum atomic E-state index is 13.3. The van der Waals surface area contributed by atoms with Crippen LogP contribution in [0.3, 0.4) is 0 Å². The van der Waals surface area contributed by atoms with Crippen LogP contribution in [-0.4, -0.2) is 37.0 Å². The van der Waals surface area contributed by atoms with E-state index in [9.17, 15) is 9.18 Å². The molecule has 2 aromatic rings. The maximum absolute atomic E-state index is 13.3. The number of nitrogens with zero attached hydrogens (tertiary/aromatic N) is 2. The number of carbonyl (C=O) groups excluding carboxylic acids is 1. The minimum absolute atomic E-state index is 0.162. The van der Waals surface area contributed by atoms with Crippen LogP contribution in [-0.2, 0) is 11.2 Å². The highest BCUT2D eigenvalue weighted by Crippen LogP contribution is 2.18. The molecule has 1 saturated heterocycles. The number of halogens is 1. The standard InChI is InChI=1S/C19H21FN2O/c1-15-4-2-5-16(12-15)13-19(23)22-10-8-21(9-11-22)18-7-3-6-17(20)14-18/h2-7,12,14H,8-11,13H2,1H3. The van der Waals surface area contributed by atoms with Crippen LogP contribution in [0, 0.1) is 12.7 Å². The largest absolute Gasteiger partial charge is 0.368 e. The molecule has 1 heterocycles. The zero-order valence-corrected chi connectivity index (χ0v) is 13.3. The Morgan fingerprint density at radius 1 is 1.04 bits per heavy atom. The van der Waals surface area contributed by atoms with Gasteiger partial charge < -0.3 is 9.80 Å². The first-order valence-corrected chi connectivity index (χ1v) is 7.96. The average Bonchev–Trinajstić information content (AvgIpc) is 2.55. The quantitative estimate of drug-likeness (QED) is 0.870. The van der Waals surface area contributed by atoms with Crippen molar-refractivity contribution in [3.63, 3.8) is 0 Å². The minimum Gasteiger partial charge on any atom is -0.368 e. The number of carbonyl (C=O) groups is 1. The van der Waals surface area contributed by atoms with E-state index in [1.165, 1.54) is 11.6 Å². The first-order valence-electron chi connectivity index (χ1n) is 7.96. The fourth-order valence-corrected chi connectivity index (χ4v) is 3.00. The molecule has 0 saturated carbocycles. The van der Waals surface area contributed by atoms with E-state index in [-0.39, 0.29) is 11.7 Å². The van der Waals surface area contributed by atoms with Crippen LogP contribution in [0.4, 0.5) is 10.1 Å². The van der Waals surface area contributed by atoms with Crippen molar-refractivity contribution >= 4 is 11.6 Å². The maximum Gasteiger partial charge on any atom is 0.227 e. The summed E-state index contributed by atoms with van der Waals surface area (Å²) in [7, 11) is 0. The number of amides is 1. The molecule has 4 heteroatoms. The molecule has 23 heavy (non-hydrogen) atoms. The first kappa shape index (κ1) is 15.5. The Morgan fingerprint density at radius 3 is 2.48 bits per heavy atom. The highest BCUT2D eigenvalue weighted by Gasteiger charge is 2.21. The number of benzene rings is 2. The van der Waals surface area contributed by atoms with E-state index in [0.29, 0.717) is 19.5 Å². The van der Waals surface area contributed by atoms with E-state index >= 15 is 0 Å². The van der Waals surface area contributed by atoms with Gasteiger partial charge in [-0.25, -0.2) is 4.39 Å². The summed E-state index contributed by atoms with van der Waals surface area (Å²) in [5, 5.41) is 0. The van der Waals surface area contributed by atoms with Crippen molar-refractivity contribution < 1.29 is 9.18 Å². The first-order chi connectivity index (χ1) is 11.1. The van der Waals surface area contributed by atoms with Crippen molar-refractivity contribution in [1.29, 1.82) is 0 Å². The Bertz CT molecular complexity index is 693. The summed E-state index contributed by atoms with van der Waals surface area (Å²) in [5.74, 6) is -0.0602. The molecule has 0 N–H and O–H groups in total. The second kappa shape index (κ2) is 6.82. The van der Waals surface area contributed by atoms with Gasteiger partial charge in [-0.3, -0.25) is 4.79 Å². The number of aryl methyl sites for hydroxylation is 1. The highest BCUT2D eigenvalue weighted by molar-refractivity contribution is 5.79. The average molecular weight is 312 g/mol. The van der Waals surface area contributed by atoms with E-state index in [1.807, 2.05) is 36.1 Å². The predicted octanol–water partition coefficient (Wildman–Crippen LogP) is 3.03.